The molecule has 11 nitrogen and oxygen atoms in total. The van der Waals surface area contributed by atoms with Gasteiger partial charge in [0.25, 0.3) is 11.8 Å². The number of carbonyl (C=O) groups excluding carboxylic acids is 2. The van der Waals surface area contributed by atoms with Crippen LogP contribution in [0.15, 0.2) is 67.0 Å². The normalized spacial score (nSPS) is 17.9. The molecule has 3 N–H and O–H groups in total. The highest BCUT2D eigenvalue weighted by Crippen LogP contribution is 2.50. The van der Waals surface area contributed by atoms with Gasteiger partial charge in [-0.15, -0.1) is 0 Å². The van der Waals surface area contributed by atoms with Crippen LogP contribution in [0.5, 0.6) is 0 Å². The first-order chi connectivity index (χ1) is 19.7. The second kappa shape index (κ2) is 10.3. The Morgan fingerprint density at radius 1 is 1.02 bits per heavy atom. The van der Waals surface area contributed by atoms with E-state index in [0.29, 0.717) is 31.9 Å². The molecule has 3 heterocycles. The van der Waals surface area contributed by atoms with Crippen molar-refractivity contribution in [3.05, 3.63) is 94.8 Å². The number of nitrogens with one attached hydrogen (secondary N) is 2. The quantitative estimate of drug-likeness (QED) is 0.319. The van der Waals surface area contributed by atoms with E-state index in [2.05, 4.69) is 21.5 Å². The smallest absolute Gasteiger partial charge is 0.270 e. The number of fused-ring (bicyclic) bond motifs is 3. The lowest BCUT2D eigenvalue weighted by atomic mass is 9.73. The molecule has 1 unspecified atom stereocenters. The third kappa shape index (κ3) is 5.04. The number of hydrogen-bond donors (Lipinski definition) is 3. The first-order valence-electron chi connectivity index (χ1n) is 13.4. The minimum atomic E-state index is -3.80. The number of aliphatic hydroxyl groups excluding tert-OH is 1. The topological polar surface area (TPSA) is 146 Å². The van der Waals surface area contributed by atoms with Gasteiger partial charge in [-0.2, -0.15) is 9.61 Å². The number of piperidine rings is 1. The monoisotopic (exact) mass is 574 g/mol. The van der Waals surface area contributed by atoms with E-state index in [9.17, 15) is 23.1 Å². The number of aliphatic hydroxyl groups is 1. The van der Waals surface area contributed by atoms with E-state index in [4.69, 9.17) is 0 Å². The maximum Gasteiger partial charge on any atom is 0.270 e. The Labute approximate surface area is 237 Å². The van der Waals surface area contributed by atoms with Crippen LogP contribution in [0, 0.1) is 0 Å². The number of carbonyl (C=O) groups is 2. The molecule has 4 aromatic rings. The van der Waals surface area contributed by atoms with Gasteiger partial charge in [0.05, 0.1) is 18.6 Å². The molecule has 0 bridgehead atoms. The van der Waals surface area contributed by atoms with Crippen LogP contribution < -0.4 is 10.0 Å². The largest absolute Gasteiger partial charge is 0.388 e. The van der Waals surface area contributed by atoms with Crippen LogP contribution in [-0.4, -0.2) is 64.2 Å². The van der Waals surface area contributed by atoms with E-state index in [1.165, 1.54) is 22.5 Å². The van der Waals surface area contributed by atoms with Crippen molar-refractivity contribution in [1.29, 1.82) is 0 Å². The Kier molecular flexibility index (Phi) is 6.74. The summed E-state index contributed by atoms with van der Waals surface area (Å²) in [5.74, 6) is -0.734. The fourth-order valence-corrected chi connectivity index (χ4v) is 6.51. The zero-order valence-corrected chi connectivity index (χ0v) is 23.3. The lowest BCUT2D eigenvalue weighted by Gasteiger charge is -2.40. The molecular weight excluding hydrogens is 544 g/mol. The molecule has 1 atom stereocenters. The minimum Gasteiger partial charge on any atom is -0.388 e. The second-order valence-electron chi connectivity index (χ2n) is 10.7. The Morgan fingerprint density at radius 3 is 2.46 bits per heavy atom. The Bertz CT molecular complexity index is 1750. The fraction of sp³-hybridized carbons (Fsp3) is 0.310. The van der Waals surface area contributed by atoms with Crippen molar-refractivity contribution in [3.8, 4) is 0 Å². The van der Waals surface area contributed by atoms with Crippen LogP contribution in [-0.2, 0) is 22.0 Å². The van der Waals surface area contributed by atoms with Crippen molar-refractivity contribution in [2.24, 2.45) is 0 Å². The third-order valence-corrected chi connectivity index (χ3v) is 8.62. The molecule has 2 aromatic carbocycles. The molecule has 1 spiro atoms. The second-order valence-corrected chi connectivity index (χ2v) is 12.5. The fourth-order valence-electron chi connectivity index (χ4n) is 6.06. The summed E-state index contributed by atoms with van der Waals surface area (Å²) in [6, 6.07) is 17.6. The molecule has 12 heteroatoms. The summed E-state index contributed by atoms with van der Waals surface area (Å²) in [4.78, 5) is 32.7. The van der Waals surface area contributed by atoms with Gasteiger partial charge in [0.2, 0.25) is 10.0 Å². The van der Waals surface area contributed by atoms with E-state index >= 15 is 0 Å². The molecule has 2 aromatic heterocycles. The van der Waals surface area contributed by atoms with E-state index in [1.54, 1.807) is 4.90 Å². The zero-order chi connectivity index (χ0) is 28.8. The van der Waals surface area contributed by atoms with Gasteiger partial charge in [0, 0.05) is 31.2 Å². The number of sulfonamides is 1. The van der Waals surface area contributed by atoms with Crippen molar-refractivity contribution in [1.82, 2.24) is 24.2 Å². The highest BCUT2D eigenvalue weighted by molar-refractivity contribution is 7.89. The Hall–Kier alpha value is -4.29. The Morgan fingerprint density at radius 2 is 1.73 bits per heavy atom. The van der Waals surface area contributed by atoms with Crippen molar-refractivity contribution in [2.45, 2.75) is 37.3 Å². The van der Waals surface area contributed by atoms with Gasteiger partial charge >= 0.3 is 0 Å². The van der Waals surface area contributed by atoms with Crippen LogP contribution in [0.2, 0.25) is 0 Å². The first-order valence-corrected chi connectivity index (χ1v) is 15.3. The average Bonchev–Trinajstić information content (AvgIpc) is 3.51. The first kappa shape index (κ1) is 26.9. The summed E-state index contributed by atoms with van der Waals surface area (Å²) in [6.45, 7) is 1.40. The number of amides is 2. The molecule has 1 saturated heterocycles. The van der Waals surface area contributed by atoms with Gasteiger partial charge in [0.15, 0.2) is 5.65 Å². The summed E-state index contributed by atoms with van der Waals surface area (Å²) in [5.41, 5.74) is 3.33. The molecule has 0 radical (unpaired) electrons. The number of nitrogens with zero attached hydrogens (tertiary/aromatic N) is 4. The summed E-state index contributed by atoms with van der Waals surface area (Å²) in [6.07, 6.45) is 5.14. The number of rotatable bonds is 6. The highest BCUT2D eigenvalue weighted by atomic mass is 32.2. The van der Waals surface area contributed by atoms with Crippen LogP contribution in [0.4, 0.5) is 5.82 Å². The predicted molar refractivity (Wildman–Crippen MR) is 152 cm³/mol. The van der Waals surface area contributed by atoms with Gasteiger partial charge in [-0.25, -0.2) is 18.1 Å². The number of hydrogen-bond acceptors (Lipinski definition) is 8. The number of likely N-dealkylation sites (tertiary alicyclic amines) is 1. The highest BCUT2D eigenvalue weighted by Gasteiger charge is 2.45. The maximum atomic E-state index is 13.9. The molecule has 2 amide bonds. The van der Waals surface area contributed by atoms with Gasteiger partial charge < -0.3 is 15.3 Å². The molecule has 1 aliphatic heterocycles. The predicted octanol–water partition coefficient (Wildman–Crippen LogP) is 2.64. The van der Waals surface area contributed by atoms with Crippen molar-refractivity contribution in [3.63, 3.8) is 0 Å². The van der Waals surface area contributed by atoms with Crippen LogP contribution >= 0.6 is 0 Å². The average molecular weight is 575 g/mol. The van der Waals surface area contributed by atoms with E-state index in [1.807, 2.05) is 53.3 Å². The van der Waals surface area contributed by atoms with Gasteiger partial charge in [-0.05, 0) is 36.0 Å². The summed E-state index contributed by atoms with van der Waals surface area (Å²) in [7, 11) is -3.80. The molecule has 1 fully saturated rings. The standard InChI is InChI=1S/C29H30N6O5S/c1-41(39,40)33-27(37)21-18-32-35-25(21)31-17-22(26(35)30-16-19-7-3-2-4-8-19)28(38)34-13-11-29(12-14-34)15-24(36)20-9-5-6-10-23(20)29/h2-10,17-18,24,30,36H,11-16H2,1H3,(H,33,37). The number of benzene rings is 2. The van der Waals surface area contributed by atoms with E-state index < -0.39 is 22.0 Å². The zero-order valence-electron chi connectivity index (χ0n) is 22.4. The van der Waals surface area contributed by atoms with Crippen molar-refractivity contribution >= 4 is 33.3 Å². The molecule has 1 aliphatic carbocycles. The molecule has 2 aliphatic rings. The lowest BCUT2D eigenvalue weighted by Crippen LogP contribution is -2.44. The lowest BCUT2D eigenvalue weighted by molar-refractivity contribution is 0.0629. The van der Waals surface area contributed by atoms with E-state index in [0.717, 1.165) is 30.2 Å². The van der Waals surface area contributed by atoms with Gasteiger partial charge in [-0.1, -0.05) is 54.6 Å². The molecule has 41 heavy (non-hydrogen) atoms. The van der Waals surface area contributed by atoms with Crippen LogP contribution in [0.1, 0.15) is 62.8 Å². The van der Waals surface area contributed by atoms with Gasteiger partial charge in [0.1, 0.15) is 16.9 Å². The number of anilines is 1. The van der Waals surface area contributed by atoms with Crippen LogP contribution in [0.3, 0.4) is 0 Å². The summed E-state index contributed by atoms with van der Waals surface area (Å²) in [5, 5.41) is 18.3. The van der Waals surface area contributed by atoms with Crippen molar-refractivity contribution < 1.29 is 23.1 Å². The Balaban J connectivity index is 1.30. The molecule has 0 saturated carbocycles. The number of aromatic nitrogens is 3. The van der Waals surface area contributed by atoms with Crippen LogP contribution in [0.25, 0.3) is 5.65 Å². The molecule has 212 valence electrons. The summed E-state index contributed by atoms with van der Waals surface area (Å²) >= 11 is 0. The summed E-state index contributed by atoms with van der Waals surface area (Å²) < 4.78 is 26.6. The third-order valence-electron chi connectivity index (χ3n) is 8.07. The minimum absolute atomic E-state index is 0.0319. The maximum absolute atomic E-state index is 13.9. The SMILES string of the molecule is CS(=O)(=O)NC(=O)c1cnn2c(NCc3ccccc3)c(C(=O)N3CCC4(CC3)CC(O)c3ccccc34)cnc12. The molecular formula is C29H30N6O5S. The van der Waals surface area contributed by atoms with Gasteiger partial charge in [-0.3, -0.25) is 9.59 Å². The molecule has 6 rings (SSSR count). The van der Waals surface area contributed by atoms with E-state index in [-0.39, 0.29) is 28.1 Å². The van der Waals surface area contributed by atoms with Crippen molar-refractivity contribution in [2.75, 3.05) is 24.7 Å².